The maximum Gasteiger partial charge on any atom is 0.357 e. The Morgan fingerprint density at radius 3 is 2.70 bits per heavy atom. The lowest BCUT2D eigenvalue weighted by Crippen LogP contribution is -2.04. The number of thiazole rings is 1. The highest BCUT2D eigenvalue weighted by atomic mass is 79.9. The lowest BCUT2D eigenvalue weighted by Gasteiger charge is -2.03. The number of halogens is 1. The molecule has 2 aromatic carbocycles. The van der Waals surface area contributed by atoms with E-state index in [-0.39, 0.29) is 5.97 Å². The van der Waals surface area contributed by atoms with Gasteiger partial charge < -0.3 is 9.72 Å². The molecule has 0 aliphatic carbocycles. The van der Waals surface area contributed by atoms with Crippen molar-refractivity contribution in [1.82, 2.24) is 9.97 Å². The lowest BCUT2D eigenvalue weighted by molar-refractivity contribution is 0.0520. The van der Waals surface area contributed by atoms with Crippen LogP contribution in [0.15, 0.2) is 70.5 Å². The topological polar surface area (TPSA) is 55.0 Å². The normalized spacial score (nSPS) is 10.9. The molecule has 2 heterocycles. The van der Waals surface area contributed by atoms with Crippen LogP contribution in [-0.4, -0.2) is 22.5 Å². The second-order valence-electron chi connectivity index (χ2n) is 6.83. The number of aryl methyl sites for hydroxylation is 2. The van der Waals surface area contributed by atoms with E-state index >= 15 is 0 Å². The van der Waals surface area contributed by atoms with E-state index in [1.165, 1.54) is 16.9 Å². The first kappa shape index (κ1) is 20.6. The summed E-state index contributed by atoms with van der Waals surface area (Å²) in [5.41, 5.74) is 5.91. The molecular weight excluding hydrogens is 460 g/mol. The summed E-state index contributed by atoms with van der Waals surface area (Å²) in [4.78, 5) is 20.2. The highest BCUT2D eigenvalue weighted by Gasteiger charge is 2.18. The van der Waals surface area contributed by atoms with Crippen LogP contribution in [0.1, 0.15) is 28.7 Å². The minimum absolute atomic E-state index is 0.338. The molecule has 0 saturated carbocycles. The van der Waals surface area contributed by atoms with Crippen molar-refractivity contribution >= 4 is 33.2 Å². The Hall–Kier alpha value is -2.70. The van der Waals surface area contributed by atoms with Gasteiger partial charge in [-0.2, -0.15) is 0 Å². The highest BCUT2D eigenvalue weighted by molar-refractivity contribution is 9.10. The minimum atomic E-state index is -0.381. The van der Waals surface area contributed by atoms with Gasteiger partial charge in [-0.05, 0) is 49.1 Å². The summed E-state index contributed by atoms with van der Waals surface area (Å²) in [5.74, 6) is -0.381. The van der Waals surface area contributed by atoms with Crippen LogP contribution in [-0.2, 0) is 17.6 Å². The van der Waals surface area contributed by atoms with Crippen molar-refractivity contribution < 1.29 is 9.53 Å². The first-order chi connectivity index (χ1) is 14.6. The van der Waals surface area contributed by atoms with Gasteiger partial charge in [-0.3, -0.25) is 0 Å². The Morgan fingerprint density at radius 1 is 1.10 bits per heavy atom. The van der Waals surface area contributed by atoms with E-state index in [0.717, 1.165) is 44.8 Å². The van der Waals surface area contributed by atoms with Gasteiger partial charge in [0.25, 0.3) is 0 Å². The Labute approximate surface area is 188 Å². The largest absolute Gasteiger partial charge is 0.461 e. The molecule has 6 heteroatoms. The minimum Gasteiger partial charge on any atom is -0.461 e. The third-order valence-corrected chi connectivity index (χ3v) is 6.13. The number of H-pyrrole nitrogens is 1. The van der Waals surface area contributed by atoms with Crippen LogP contribution in [0, 0.1) is 0 Å². The zero-order valence-electron chi connectivity index (χ0n) is 16.5. The molecular formula is C24H21BrN2O2S. The van der Waals surface area contributed by atoms with Crippen molar-refractivity contribution in [1.29, 1.82) is 0 Å². The Morgan fingerprint density at radius 2 is 1.93 bits per heavy atom. The number of nitrogens with zero attached hydrogens (tertiary/aromatic N) is 1. The summed E-state index contributed by atoms with van der Waals surface area (Å²) in [5, 5.41) is 2.58. The van der Waals surface area contributed by atoms with Crippen molar-refractivity contribution in [3.8, 4) is 21.8 Å². The zero-order chi connectivity index (χ0) is 20.9. The van der Waals surface area contributed by atoms with Crippen molar-refractivity contribution in [2.75, 3.05) is 6.61 Å². The number of carbonyl (C=O) groups is 1. The molecule has 30 heavy (non-hydrogen) atoms. The van der Waals surface area contributed by atoms with E-state index in [9.17, 15) is 4.79 Å². The van der Waals surface area contributed by atoms with Crippen LogP contribution >= 0.6 is 27.3 Å². The van der Waals surface area contributed by atoms with E-state index in [1.54, 1.807) is 12.3 Å². The van der Waals surface area contributed by atoms with Crippen molar-refractivity contribution in [2.45, 2.75) is 19.8 Å². The molecule has 4 nitrogen and oxygen atoms in total. The number of carbonyl (C=O) groups excluding carboxylic acids is 1. The third-order valence-electron chi connectivity index (χ3n) is 4.76. The Kier molecular flexibility index (Phi) is 6.45. The molecule has 0 amide bonds. The van der Waals surface area contributed by atoms with Gasteiger partial charge in [0.1, 0.15) is 5.01 Å². The molecule has 4 rings (SSSR count). The fourth-order valence-corrected chi connectivity index (χ4v) is 4.54. The van der Waals surface area contributed by atoms with Gasteiger partial charge in [0.05, 0.1) is 6.61 Å². The summed E-state index contributed by atoms with van der Waals surface area (Å²) in [6, 6.07) is 20.7. The Balaban J connectivity index is 1.69. The summed E-state index contributed by atoms with van der Waals surface area (Å²) < 4.78 is 6.12. The molecule has 0 saturated heterocycles. The van der Waals surface area contributed by atoms with Gasteiger partial charge in [0.2, 0.25) is 0 Å². The number of benzene rings is 2. The molecule has 0 radical (unpaired) electrons. The summed E-state index contributed by atoms with van der Waals surface area (Å²) in [6.45, 7) is 2.13. The molecule has 0 aliphatic rings. The predicted octanol–water partition coefficient (Wildman–Crippen LogP) is 6.53. The quantitative estimate of drug-likeness (QED) is 0.306. The predicted molar refractivity (Wildman–Crippen MR) is 125 cm³/mol. The molecule has 4 aromatic rings. The van der Waals surface area contributed by atoms with Crippen molar-refractivity contribution in [2.24, 2.45) is 0 Å². The van der Waals surface area contributed by atoms with Gasteiger partial charge in [0.15, 0.2) is 5.69 Å². The van der Waals surface area contributed by atoms with Crippen LogP contribution in [0.3, 0.4) is 0 Å². The average Bonchev–Trinajstić information content (AvgIpc) is 3.40. The molecule has 2 aromatic heterocycles. The van der Waals surface area contributed by atoms with Gasteiger partial charge >= 0.3 is 5.97 Å². The lowest BCUT2D eigenvalue weighted by atomic mass is 10.1. The van der Waals surface area contributed by atoms with Crippen LogP contribution in [0.2, 0.25) is 0 Å². The third kappa shape index (κ3) is 4.71. The SMILES string of the molecule is CCOC(=O)c1csc(-c2cc(-c3cccc(Br)c3)[nH]c2CCc2ccccc2)n1. The van der Waals surface area contributed by atoms with E-state index in [1.807, 2.05) is 18.2 Å². The fourth-order valence-electron chi connectivity index (χ4n) is 3.31. The number of nitrogens with one attached hydrogen (secondary N) is 1. The first-order valence-corrected chi connectivity index (χ1v) is 11.5. The van der Waals surface area contributed by atoms with Gasteiger partial charge in [0, 0.05) is 26.8 Å². The maximum atomic E-state index is 12.1. The highest BCUT2D eigenvalue weighted by Crippen LogP contribution is 2.33. The summed E-state index contributed by atoms with van der Waals surface area (Å²) >= 11 is 5.01. The Bertz CT molecular complexity index is 1150. The molecule has 0 unspecified atom stereocenters. The molecule has 0 spiro atoms. The second-order valence-corrected chi connectivity index (χ2v) is 8.60. The van der Waals surface area contributed by atoms with Crippen molar-refractivity contribution in [3.05, 3.63) is 87.5 Å². The van der Waals surface area contributed by atoms with Crippen LogP contribution in [0.4, 0.5) is 0 Å². The maximum absolute atomic E-state index is 12.1. The van der Waals surface area contributed by atoms with E-state index in [4.69, 9.17) is 4.74 Å². The number of ether oxygens (including phenoxy) is 1. The standard InChI is InChI=1S/C24H21BrN2O2S/c1-2-29-24(28)22-15-30-23(27-22)19-14-21(17-9-6-10-18(25)13-17)26-20(19)12-11-16-7-4-3-5-8-16/h3-10,13-15,26H,2,11-12H2,1H3. The van der Waals surface area contributed by atoms with Crippen molar-refractivity contribution in [3.63, 3.8) is 0 Å². The first-order valence-electron chi connectivity index (χ1n) is 9.79. The molecule has 0 atom stereocenters. The smallest absolute Gasteiger partial charge is 0.357 e. The number of esters is 1. The molecule has 0 fully saturated rings. The summed E-state index contributed by atoms with van der Waals surface area (Å²) in [6.07, 6.45) is 1.77. The number of rotatable bonds is 7. The number of aromatic amines is 1. The zero-order valence-corrected chi connectivity index (χ0v) is 18.9. The van der Waals surface area contributed by atoms with E-state index < -0.39 is 0 Å². The van der Waals surface area contributed by atoms with Gasteiger partial charge in [-0.1, -0.05) is 58.4 Å². The number of aromatic nitrogens is 2. The average molecular weight is 481 g/mol. The fraction of sp³-hybridized carbons (Fsp3) is 0.167. The molecule has 0 bridgehead atoms. The van der Waals surface area contributed by atoms with Crippen LogP contribution in [0.25, 0.3) is 21.8 Å². The van der Waals surface area contributed by atoms with Crippen LogP contribution < -0.4 is 0 Å². The van der Waals surface area contributed by atoms with E-state index in [2.05, 4.69) is 68.4 Å². The number of hydrogen-bond donors (Lipinski definition) is 1. The molecule has 1 N–H and O–H groups in total. The second kappa shape index (κ2) is 9.41. The molecule has 0 aliphatic heterocycles. The number of hydrogen-bond acceptors (Lipinski definition) is 4. The molecule has 152 valence electrons. The van der Waals surface area contributed by atoms with Gasteiger partial charge in [-0.15, -0.1) is 11.3 Å². The monoisotopic (exact) mass is 480 g/mol. The van der Waals surface area contributed by atoms with E-state index in [0.29, 0.717) is 12.3 Å². The summed E-state index contributed by atoms with van der Waals surface area (Å²) in [7, 11) is 0. The van der Waals surface area contributed by atoms with Crippen LogP contribution in [0.5, 0.6) is 0 Å². The van der Waals surface area contributed by atoms with Gasteiger partial charge in [-0.25, -0.2) is 9.78 Å².